The second-order valence-electron chi connectivity index (χ2n) is 9.25. The number of nitrogens with zero attached hydrogens (tertiary/aromatic N) is 3. The van der Waals surface area contributed by atoms with E-state index in [1.165, 1.54) is 12.1 Å². The number of nitrogens with one attached hydrogen (secondary N) is 2. The van der Waals surface area contributed by atoms with Crippen molar-refractivity contribution in [1.82, 2.24) is 24.8 Å². The number of hydrogen-bond donors (Lipinski definition) is 2. The molecule has 1 amide bonds. The van der Waals surface area contributed by atoms with E-state index in [1.54, 1.807) is 23.9 Å². The molecule has 0 fully saturated rings. The fourth-order valence-electron chi connectivity index (χ4n) is 3.26. The van der Waals surface area contributed by atoms with E-state index in [0.717, 1.165) is 17.6 Å². The number of amides is 1. The summed E-state index contributed by atoms with van der Waals surface area (Å²) >= 11 is 0. The van der Waals surface area contributed by atoms with Crippen LogP contribution < -0.4 is 10.0 Å². The summed E-state index contributed by atoms with van der Waals surface area (Å²) in [6, 6.07) is 11.9. The zero-order valence-electron chi connectivity index (χ0n) is 20.0. The molecule has 34 heavy (non-hydrogen) atoms. The molecule has 3 rings (SSSR count). The molecule has 0 radical (unpaired) electrons. The van der Waals surface area contributed by atoms with E-state index in [4.69, 9.17) is 5.10 Å². The molecule has 2 aromatic heterocycles. The van der Waals surface area contributed by atoms with Gasteiger partial charge in [0.15, 0.2) is 5.82 Å². The van der Waals surface area contributed by atoms with Gasteiger partial charge < -0.3 is 5.32 Å². The maximum Gasteiger partial charge on any atom is 0.227 e. The quantitative estimate of drug-likeness (QED) is 0.508. The van der Waals surface area contributed by atoms with Gasteiger partial charge in [-0.2, -0.15) is 5.10 Å². The molecule has 1 atom stereocenters. The molecular weight excluding hydrogens is 457 g/mol. The first-order chi connectivity index (χ1) is 15.8. The van der Waals surface area contributed by atoms with Crippen molar-refractivity contribution < 1.29 is 17.6 Å². The van der Waals surface area contributed by atoms with Gasteiger partial charge in [-0.05, 0) is 36.8 Å². The van der Waals surface area contributed by atoms with E-state index in [9.17, 15) is 17.6 Å². The molecule has 10 heteroatoms. The predicted molar refractivity (Wildman–Crippen MR) is 128 cm³/mol. The molecule has 1 aromatic carbocycles. The largest absolute Gasteiger partial charge is 0.350 e. The van der Waals surface area contributed by atoms with Gasteiger partial charge in [0.2, 0.25) is 15.9 Å². The molecule has 0 saturated carbocycles. The van der Waals surface area contributed by atoms with E-state index in [-0.39, 0.29) is 30.0 Å². The second kappa shape index (κ2) is 10.0. The molecule has 0 bridgehead atoms. The molecule has 1 unspecified atom stereocenters. The van der Waals surface area contributed by atoms with Gasteiger partial charge in [0.25, 0.3) is 0 Å². The average Bonchev–Trinajstić information content (AvgIpc) is 3.21. The summed E-state index contributed by atoms with van der Waals surface area (Å²) in [7, 11) is -3.44. The second-order valence-corrected chi connectivity index (χ2v) is 11.1. The van der Waals surface area contributed by atoms with Gasteiger partial charge in [0.1, 0.15) is 5.82 Å². The Morgan fingerprint density at radius 3 is 2.47 bits per heavy atom. The molecule has 0 saturated heterocycles. The lowest BCUT2D eigenvalue weighted by atomic mass is 9.92. The number of carbonyl (C=O) groups excluding carboxylic acids is 1. The Bertz CT molecular complexity index is 1270. The number of hydrogen-bond acceptors (Lipinski definition) is 5. The summed E-state index contributed by atoms with van der Waals surface area (Å²) in [4.78, 5) is 17.2. The van der Waals surface area contributed by atoms with Crippen LogP contribution in [0.3, 0.4) is 0 Å². The Kier molecular flexibility index (Phi) is 7.52. The van der Waals surface area contributed by atoms with E-state index >= 15 is 0 Å². The van der Waals surface area contributed by atoms with Gasteiger partial charge in [-0.25, -0.2) is 27.2 Å². The highest BCUT2D eigenvalue weighted by atomic mass is 32.2. The Morgan fingerprint density at radius 2 is 1.88 bits per heavy atom. The van der Waals surface area contributed by atoms with Crippen molar-refractivity contribution in [2.45, 2.75) is 52.1 Å². The lowest BCUT2D eigenvalue weighted by Crippen LogP contribution is -2.28. The maximum atomic E-state index is 14.5. The molecule has 2 N–H and O–H groups in total. The van der Waals surface area contributed by atoms with Crippen molar-refractivity contribution in [3.8, 4) is 5.82 Å². The fourth-order valence-corrected chi connectivity index (χ4v) is 3.67. The van der Waals surface area contributed by atoms with Crippen LogP contribution in [0, 0.1) is 5.82 Å². The highest BCUT2D eigenvalue weighted by Crippen LogP contribution is 2.24. The van der Waals surface area contributed by atoms with Crippen LogP contribution in [0.2, 0.25) is 0 Å². The highest BCUT2D eigenvalue weighted by molar-refractivity contribution is 7.88. The highest BCUT2D eigenvalue weighted by Gasteiger charge is 2.22. The van der Waals surface area contributed by atoms with Crippen LogP contribution >= 0.6 is 0 Å². The standard InChI is InChI=1S/C24H30FN5O3S/c1-16(17-9-10-18(20(25)12-17)14-28-34(5,32)33)23(31)27-15-19-13-21(24(2,3)4)29-30(19)22-8-6-7-11-26-22/h6-13,16,28H,14-15H2,1-5H3,(H,27,31). The minimum Gasteiger partial charge on any atom is -0.350 e. The van der Waals surface area contributed by atoms with E-state index in [0.29, 0.717) is 11.4 Å². The fraction of sp³-hybridized carbons (Fsp3) is 0.375. The van der Waals surface area contributed by atoms with Crippen LogP contribution in [0.4, 0.5) is 4.39 Å². The van der Waals surface area contributed by atoms with Gasteiger partial charge in [0, 0.05) is 23.7 Å². The lowest BCUT2D eigenvalue weighted by molar-refractivity contribution is -0.122. The monoisotopic (exact) mass is 487 g/mol. The lowest BCUT2D eigenvalue weighted by Gasteiger charge is -2.14. The molecule has 0 aliphatic carbocycles. The summed E-state index contributed by atoms with van der Waals surface area (Å²) in [5, 5.41) is 7.60. The summed E-state index contributed by atoms with van der Waals surface area (Å²) in [5.74, 6) is -0.806. The average molecular weight is 488 g/mol. The van der Waals surface area contributed by atoms with Crippen molar-refractivity contribution in [3.63, 3.8) is 0 Å². The SMILES string of the molecule is CC(C(=O)NCc1cc(C(C)(C)C)nn1-c1ccccn1)c1ccc(CNS(C)(=O)=O)c(F)c1. The van der Waals surface area contributed by atoms with Gasteiger partial charge in [0.05, 0.1) is 30.1 Å². The van der Waals surface area contributed by atoms with Gasteiger partial charge in [-0.15, -0.1) is 0 Å². The third kappa shape index (κ3) is 6.48. The smallest absolute Gasteiger partial charge is 0.227 e. The third-order valence-corrected chi connectivity index (χ3v) is 6.03. The Balaban J connectivity index is 1.74. The predicted octanol–water partition coefficient (Wildman–Crippen LogP) is 3.17. The minimum atomic E-state index is -3.44. The molecule has 3 aromatic rings. The summed E-state index contributed by atoms with van der Waals surface area (Å²) in [6.45, 7) is 7.94. The first kappa shape index (κ1) is 25.5. The normalized spacial score (nSPS) is 13.0. The molecule has 0 aliphatic heterocycles. The first-order valence-electron chi connectivity index (χ1n) is 10.9. The molecule has 0 spiro atoms. The molecular formula is C24H30FN5O3S. The van der Waals surface area contributed by atoms with Crippen molar-refractivity contribution >= 4 is 15.9 Å². The van der Waals surface area contributed by atoms with Gasteiger partial charge in [-0.1, -0.05) is 39.0 Å². The number of benzene rings is 1. The molecule has 8 nitrogen and oxygen atoms in total. The van der Waals surface area contributed by atoms with E-state index < -0.39 is 21.8 Å². The number of sulfonamides is 1. The van der Waals surface area contributed by atoms with Crippen molar-refractivity contribution in [3.05, 3.63) is 77.0 Å². The van der Waals surface area contributed by atoms with Crippen molar-refractivity contribution in [2.24, 2.45) is 0 Å². The number of halogens is 1. The van der Waals surface area contributed by atoms with Crippen LogP contribution in [0.1, 0.15) is 56.1 Å². The summed E-state index contributed by atoms with van der Waals surface area (Å²) in [6.07, 6.45) is 2.69. The van der Waals surface area contributed by atoms with Gasteiger partial charge >= 0.3 is 0 Å². The first-order valence-corrected chi connectivity index (χ1v) is 12.8. The molecule has 2 heterocycles. The van der Waals surface area contributed by atoms with Crippen LogP contribution in [0.15, 0.2) is 48.7 Å². The number of aromatic nitrogens is 3. The molecule has 0 aliphatic rings. The number of carbonyl (C=O) groups is 1. The Morgan fingerprint density at radius 1 is 1.15 bits per heavy atom. The molecule has 182 valence electrons. The van der Waals surface area contributed by atoms with Crippen LogP contribution in [-0.2, 0) is 33.3 Å². The topological polar surface area (TPSA) is 106 Å². The van der Waals surface area contributed by atoms with E-state index in [1.807, 2.05) is 24.3 Å². The maximum absolute atomic E-state index is 14.5. The van der Waals surface area contributed by atoms with Crippen molar-refractivity contribution in [1.29, 1.82) is 0 Å². The summed E-state index contributed by atoms with van der Waals surface area (Å²) in [5.41, 5.74) is 2.16. The number of pyridine rings is 1. The zero-order valence-corrected chi connectivity index (χ0v) is 20.8. The third-order valence-electron chi connectivity index (χ3n) is 5.36. The Labute approximate surface area is 199 Å². The number of rotatable bonds is 8. The van der Waals surface area contributed by atoms with E-state index in [2.05, 4.69) is 35.8 Å². The van der Waals surface area contributed by atoms with Crippen molar-refractivity contribution in [2.75, 3.05) is 6.26 Å². The Hall–Kier alpha value is -3.11. The van der Waals surface area contributed by atoms with Gasteiger partial charge in [-0.3, -0.25) is 4.79 Å². The van der Waals surface area contributed by atoms with Crippen LogP contribution in [0.25, 0.3) is 5.82 Å². The van der Waals surface area contributed by atoms with Crippen LogP contribution in [-0.4, -0.2) is 35.3 Å². The summed E-state index contributed by atoms with van der Waals surface area (Å²) < 4.78 is 40.9. The zero-order chi connectivity index (χ0) is 25.1. The van der Waals surface area contributed by atoms with Crippen LogP contribution in [0.5, 0.6) is 0 Å². The minimum absolute atomic E-state index is 0.154.